The molecule has 0 saturated heterocycles. The number of hydrogen-bond donors (Lipinski definition) is 1. The van der Waals surface area contributed by atoms with Gasteiger partial charge in [0.1, 0.15) is 5.01 Å². The van der Waals surface area contributed by atoms with Crippen molar-refractivity contribution in [3.05, 3.63) is 64.5 Å². The van der Waals surface area contributed by atoms with Gasteiger partial charge in [-0.3, -0.25) is 0 Å². The molecular formula is C17H16N2S2. The van der Waals surface area contributed by atoms with Crippen LogP contribution in [0.1, 0.15) is 10.6 Å². The SMILES string of the molecule is Cc1ccccc1SCc1nc(-c2ccc(N)cc2)cs1. The van der Waals surface area contributed by atoms with Crippen LogP contribution in [-0.4, -0.2) is 4.98 Å². The number of hydrogen-bond acceptors (Lipinski definition) is 4. The Hall–Kier alpha value is -1.78. The van der Waals surface area contributed by atoms with Crippen LogP contribution in [0.2, 0.25) is 0 Å². The molecule has 3 aromatic rings. The second kappa shape index (κ2) is 6.33. The van der Waals surface area contributed by atoms with Crippen molar-refractivity contribution in [2.24, 2.45) is 0 Å². The molecule has 0 radical (unpaired) electrons. The Morgan fingerprint density at radius 3 is 2.62 bits per heavy atom. The molecule has 3 rings (SSSR count). The zero-order chi connectivity index (χ0) is 14.7. The van der Waals surface area contributed by atoms with Crippen molar-refractivity contribution in [1.82, 2.24) is 4.98 Å². The van der Waals surface area contributed by atoms with E-state index >= 15 is 0 Å². The third kappa shape index (κ3) is 3.46. The summed E-state index contributed by atoms with van der Waals surface area (Å²) >= 11 is 3.55. The van der Waals surface area contributed by atoms with E-state index in [4.69, 9.17) is 10.7 Å². The Morgan fingerprint density at radius 1 is 1.10 bits per heavy atom. The first-order chi connectivity index (χ1) is 10.2. The van der Waals surface area contributed by atoms with Gasteiger partial charge < -0.3 is 5.73 Å². The minimum Gasteiger partial charge on any atom is -0.399 e. The fourth-order valence-corrected chi connectivity index (χ4v) is 3.87. The highest BCUT2D eigenvalue weighted by atomic mass is 32.2. The van der Waals surface area contributed by atoms with E-state index in [2.05, 4.69) is 36.6 Å². The van der Waals surface area contributed by atoms with Crippen molar-refractivity contribution in [2.45, 2.75) is 17.6 Å². The van der Waals surface area contributed by atoms with Crippen LogP contribution in [0.5, 0.6) is 0 Å². The van der Waals surface area contributed by atoms with Gasteiger partial charge in [-0.25, -0.2) is 4.98 Å². The number of benzene rings is 2. The lowest BCUT2D eigenvalue weighted by atomic mass is 10.1. The molecular weight excluding hydrogens is 296 g/mol. The van der Waals surface area contributed by atoms with Gasteiger partial charge in [-0.2, -0.15) is 0 Å². The predicted molar refractivity (Wildman–Crippen MR) is 92.7 cm³/mol. The number of nitrogen functional groups attached to an aromatic ring is 1. The van der Waals surface area contributed by atoms with Gasteiger partial charge >= 0.3 is 0 Å². The highest BCUT2D eigenvalue weighted by Crippen LogP contribution is 2.29. The van der Waals surface area contributed by atoms with Crippen LogP contribution in [0.4, 0.5) is 5.69 Å². The van der Waals surface area contributed by atoms with Gasteiger partial charge in [0.25, 0.3) is 0 Å². The second-order valence-electron chi connectivity index (χ2n) is 4.80. The summed E-state index contributed by atoms with van der Waals surface area (Å²) in [7, 11) is 0. The number of anilines is 1. The molecule has 0 unspecified atom stereocenters. The van der Waals surface area contributed by atoms with Gasteiger partial charge in [0.2, 0.25) is 0 Å². The van der Waals surface area contributed by atoms with E-state index in [-0.39, 0.29) is 0 Å². The maximum Gasteiger partial charge on any atom is 0.104 e. The van der Waals surface area contributed by atoms with E-state index in [0.29, 0.717) is 0 Å². The molecule has 0 amide bonds. The summed E-state index contributed by atoms with van der Waals surface area (Å²) in [6.07, 6.45) is 0. The molecule has 0 saturated carbocycles. The van der Waals surface area contributed by atoms with Crippen molar-refractivity contribution in [1.29, 1.82) is 0 Å². The number of thioether (sulfide) groups is 1. The highest BCUT2D eigenvalue weighted by Gasteiger charge is 2.06. The zero-order valence-electron chi connectivity index (χ0n) is 11.7. The van der Waals surface area contributed by atoms with Crippen molar-refractivity contribution in [2.75, 3.05) is 5.73 Å². The van der Waals surface area contributed by atoms with E-state index in [1.807, 2.05) is 36.0 Å². The normalized spacial score (nSPS) is 10.7. The van der Waals surface area contributed by atoms with E-state index in [1.165, 1.54) is 10.5 Å². The lowest BCUT2D eigenvalue weighted by Gasteiger charge is -2.03. The highest BCUT2D eigenvalue weighted by molar-refractivity contribution is 7.98. The van der Waals surface area contributed by atoms with Gasteiger partial charge in [0.05, 0.1) is 11.4 Å². The average molecular weight is 312 g/mol. The smallest absolute Gasteiger partial charge is 0.104 e. The number of aromatic nitrogens is 1. The first-order valence-corrected chi connectivity index (χ1v) is 8.57. The largest absolute Gasteiger partial charge is 0.399 e. The Labute approximate surface area is 133 Å². The minimum atomic E-state index is 0.782. The molecule has 2 N–H and O–H groups in total. The lowest BCUT2D eigenvalue weighted by molar-refractivity contribution is 1.25. The van der Waals surface area contributed by atoms with E-state index in [0.717, 1.165) is 27.7 Å². The topological polar surface area (TPSA) is 38.9 Å². The van der Waals surface area contributed by atoms with Crippen LogP contribution < -0.4 is 5.73 Å². The molecule has 1 heterocycles. The van der Waals surface area contributed by atoms with Crippen LogP contribution in [0.15, 0.2) is 58.8 Å². The van der Waals surface area contributed by atoms with Crippen molar-refractivity contribution in [3.8, 4) is 11.3 Å². The van der Waals surface area contributed by atoms with Crippen LogP contribution in [-0.2, 0) is 5.75 Å². The fourth-order valence-electron chi connectivity index (χ4n) is 2.02. The van der Waals surface area contributed by atoms with E-state index in [1.54, 1.807) is 11.3 Å². The third-order valence-corrected chi connectivity index (χ3v) is 5.42. The van der Waals surface area contributed by atoms with Crippen LogP contribution in [0.3, 0.4) is 0 Å². The molecule has 0 bridgehead atoms. The number of nitrogens with zero attached hydrogens (tertiary/aromatic N) is 1. The first kappa shape index (κ1) is 14.2. The molecule has 0 aliphatic heterocycles. The third-order valence-electron chi connectivity index (χ3n) is 3.20. The van der Waals surface area contributed by atoms with Crippen molar-refractivity contribution >= 4 is 28.8 Å². The van der Waals surface area contributed by atoms with Gasteiger partial charge in [-0.05, 0) is 30.7 Å². The van der Waals surface area contributed by atoms with Crippen molar-refractivity contribution in [3.63, 3.8) is 0 Å². The van der Waals surface area contributed by atoms with Gasteiger partial charge in [-0.1, -0.05) is 30.3 Å². The molecule has 0 aliphatic carbocycles. The lowest BCUT2D eigenvalue weighted by Crippen LogP contribution is -1.85. The quantitative estimate of drug-likeness (QED) is 0.544. The Morgan fingerprint density at radius 2 is 1.86 bits per heavy atom. The maximum atomic E-state index is 5.72. The Balaban J connectivity index is 1.71. The number of rotatable bonds is 4. The second-order valence-corrected chi connectivity index (χ2v) is 6.76. The van der Waals surface area contributed by atoms with E-state index in [9.17, 15) is 0 Å². The van der Waals surface area contributed by atoms with E-state index < -0.39 is 0 Å². The molecule has 106 valence electrons. The summed E-state index contributed by atoms with van der Waals surface area (Å²) in [6, 6.07) is 16.3. The molecule has 2 aromatic carbocycles. The zero-order valence-corrected chi connectivity index (χ0v) is 13.4. The summed E-state index contributed by atoms with van der Waals surface area (Å²) in [6.45, 7) is 2.14. The van der Waals surface area contributed by atoms with Crippen molar-refractivity contribution < 1.29 is 0 Å². The fraction of sp³-hybridized carbons (Fsp3) is 0.118. The predicted octanol–water partition coefficient (Wildman–Crippen LogP) is 4.99. The summed E-state index contributed by atoms with van der Waals surface area (Å²) in [5.41, 5.74) is 9.96. The van der Waals surface area contributed by atoms with Crippen LogP contribution >= 0.6 is 23.1 Å². The van der Waals surface area contributed by atoms with Gasteiger partial charge in [0, 0.05) is 21.5 Å². The summed E-state index contributed by atoms with van der Waals surface area (Å²) in [4.78, 5) is 6.03. The molecule has 0 spiro atoms. The molecule has 4 heteroatoms. The molecule has 21 heavy (non-hydrogen) atoms. The standard InChI is InChI=1S/C17H16N2S2/c1-12-4-2-3-5-16(12)20-11-17-19-15(10-21-17)13-6-8-14(18)9-7-13/h2-10H,11,18H2,1H3. The average Bonchev–Trinajstić information content (AvgIpc) is 2.96. The Kier molecular flexibility index (Phi) is 4.27. The Bertz CT molecular complexity index is 733. The van der Waals surface area contributed by atoms with Gasteiger partial charge in [-0.15, -0.1) is 23.1 Å². The number of aryl methyl sites for hydroxylation is 1. The van der Waals surface area contributed by atoms with Crippen LogP contribution in [0.25, 0.3) is 11.3 Å². The maximum absolute atomic E-state index is 5.72. The monoisotopic (exact) mass is 312 g/mol. The number of nitrogens with two attached hydrogens (primary N) is 1. The number of thiazole rings is 1. The molecule has 1 aromatic heterocycles. The molecule has 0 atom stereocenters. The van der Waals surface area contributed by atoms with Gasteiger partial charge in [0.15, 0.2) is 0 Å². The first-order valence-electron chi connectivity index (χ1n) is 6.71. The minimum absolute atomic E-state index is 0.782. The molecule has 2 nitrogen and oxygen atoms in total. The summed E-state index contributed by atoms with van der Waals surface area (Å²) < 4.78 is 0. The summed E-state index contributed by atoms with van der Waals surface area (Å²) in [5.74, 6) is 0.907. The molecule has 0 aliphatic rings. The molecule has 0 fully saturated rings. The summed E-state index contributed by atoms with van der Waals surface area (Å²) in [5, 5.41) is 3.26. The van der Waals surface area contributed by atoms with Crippen LogP contribution in [0, 0.1) is 6.92 Å².